The lowest BCUT2D eigenvalue weighted by atomic mass is 10.1. The Balaban J connectivity index is 2.01. The Morgan fingerprint density at radius 3 is 2.57 bits per heavy atom. The molecule has 0 aromatic carbocycles. The van der Waals surface area contributed by atoms with Crippen molar-refractivity contribution in [2.45, 2.75) is 45.3 Å². The fraction of sp³-hybridized carbons (Fsp3) is 0.909. The van der Waals surface area contributed by atoms with Gasteiger partial charge in [-0.3, -0.25) is 4.79 Å². The molecule has 0 bridgehead atoms. The second kappa shape index (κ2) is 3.23. The van der Waals surface area contributed by atoms with Gasteiger partial charge in [-0.05, 0) is 33.6 Å². The van der Waals surface area contributed by atoms with Gasteiger partial charge in [-0.15, -0.1) is 0 Å². The topological polar surface area (TPSA) is 29.5 Å². The quantitative estimate of drug-likeness (QED) is 0.636. The zero-order valence-corrected chi connectivity index (χ0v) is 9.25. The number of morpholine rings is 1. The lowest BCUT2D eigenvalue weighted by Gasteiger charge is -2.41. The number of hydrogen-bond acceptors (Lipinski definition) is 2. The Morgan fingerprint density at radius 1 is 1.43 bits per heavy atom. The van der Waals surface area contributed by atoms with Gasteiger partial charge in [0.05, 0.1) is 11.7 Å². The number of ether oxygens (including phenoxy) is 1. The minimum absolute atomic E-state index is 0.168. The molecule has 1 aliphatic carbocycles. The molecule has 3 heteroatoms. The molecule has 0 spiro atoms. The zero-order chi connectivity index (χ0) is 10.3. The van der Waals surface area contributed by atoms with E-state index < -0.39 is 0 Å². The molecule has 2 rings (SSSR count). The highest BCUT2D eigenvalue weighted by Crippen LogP contribution is 2.33. The number of carbonyl (C=O) groups is 1. The van der Waals surface area contributed by atoms with E-state index in [9.17, 15) is 4.79 Å². The van der Waals surface area contributed by atoms with E-state index >= 15 is 0 Å². The highest BCUT2D eigenvalue weighted by molar-refractivity contribution is 5.81. The van der Waals surface area contributed by atoms with Crippen molar-refractivity contribution in [3.05, 3.63) is 0 Å². The highest BCUT2D eigenvalue weighted by Gasteiger charge is 2.39. The Kier molecular flexibility index (Phi) is 2.30. The molecule has 80 valence electrons. The molecule has 0 N–H and O–H groups in total. The number of nitrogens with zero attached hydrogens (tertiary/aromatic N) is 1. The summed E-state index contributed by atoms with van der Waals surface area (Å²) in [7, 11) is 0. The fourth-order valence-corrected chi connectivity index (χ4v) is 2.21. The van der Waals surface area contributed by atoms with E-state index in [2.05, 4.69) is 13.8 Å². The Morgan fingerprint density at radius 2 is 2.07 bits per heavy atom. The van der Waals surface area contributed by atoms with E-state index in [0.717, 1.165) is 25.9 Å². The van der Waals surface area contributed by atoms with Crippen molar-refractivity contribution < 1.29 is 9.53 Å². The molecule has 1 atom stereocenters. The summed E-state index contributed by atoms with van der Waals surface area (Å²) < 4.78 is 5.76. The summed E-state index contributed by atoms with van der Waals surface area (Å²) in [6, 6.07) is 0. The van der Waals surface area contributed by atoms with Crippen molar-refractivity contribution in [1.82, 2.24) is 4.90 Å². The van der Waals surface area contributed by atoms with Gasteiger partial charge in [-0.2, -0.15) is 0 Å². The lowest BCUT2D eigenvalue weighted by molar-refractivity contribution is -0.159. The van der Waals surface area contributed by atoms with Crippen molar-refractivity contribution in [3.8, 4) is 0 Å². The molecule has 1 saturated carbocycles. The first-order chi connectivity index (χ1) is 6.48. The Bertz CT molecular complexity index is 246. The maximum absolute atomic E-state index is 11.9. The normalized spacial score (nSPS) is 31.6. The van der Waals surface area contributed by atoms with Crippen molar-refractivity contribution >= 4 is 5.91 Å². The van der Waals surface area contributed by atoms with Gasteiger partial charge in [-0.1, -0.05) is 0 Å². The second-order valence-electron chi connectivity index (χ2n) is 5.18. The summed E-state index contributed by atoms with van der Waals surface area (Å²) in [6.07, 6.45) is 2.34. The number of rotatable bonds is 1. The van der Waals surface area contributed by atoms with Crippen molar-refractivity contribution in [3.63, 3.8) is 0 Å². The summed E-state index contributed by atoms with van der Waals surface area (Å²) in [5.74, 6) is 0.671. The summed E-state index contributed by atoms with van der Waals surface area (Å²) in [4.78, 5) is 13.8. The van der Waals surface area contributed by atoms with Crippen molar-refractivity contribution in [2.75, 3.05) is 13.1 Å². The third kappa shape index (κ3) is 2.08. The Hall–Kier alpha value is -0.570. The monoisotopic (exact) mass is 197 g/mol. The van der Waals surface area contributed by atoms with Gasteiger partial charge in [-0.25, -0.2) is 0 Å². The van der Waals surface area contributed by atoms with Crippen LogP contribution in [0.25, 0.3) is 0 Å². The van der Waals surface area contributed by atoms with E-state index in [0.29, 0.717) is 11.8 Å². The molecular weight excluding hydrogens is 178 g/mol. The molecule has 0 radical (unpaired) electrons. The van der Waals surface area contributed by atoms with Crippen LogP contribution in [0.2, 0.25) is 0 Å². The first-order valence-corrected chi connectivity index (χ1v) is 5.44. The first-order valence-electron chi connectivity index (χ1n) is 5.44. The predicted molar refractivity (Wildman–Crippen MR) is 53.9 cm³/mol. The average molecular weight is 197 g/mol. The van der Waals surface area contributed by atoms with Gasteiger partial charge >= 0.3 is 0 Å². The van der Waals surface area contributed by atoms with E-state index in [1.54, 1.807) is 0 Å². The SMILES string of the molecule is CC1CN(C(=O)C2CC2)CC(C)(C)O1. The summed E-state index contributed by atoms with van der Waals surface area (Å²) in [6.45, 7) is 7.64. The lowest BCUT2D eigenvalue weighted by Crippen LogP contribution is -2.54. The van der Waals surface area contributed by atoms with Gasteiger partial charge in [0, 0.05) is 19.0 Å². The molecule has 2 fully saturated rings. The van der Waals surface area contributed by atoms with E-state index in [1.807, 2.05) is 11.8 Å². The number of carbonyl (C=O) groups excluding carboxylic acids is 1. The molecule has 3 nitrogen and oxygen atoms in total. The van der Waals surface area contributed by atoms with Crippen LogP contribution >= 0.6 is 0 Å². The Labute approximate surface area is 85.4 Å². The van der Waals surface area contributed by atoms with Crippen LogP contribution in [-0.4, -0.2) is 35.6 Å². The van der Waals surface area contributed by atoms with E-state index in [-0.39, 0.29) is 11.7 Å². The maximum atomic E-state index is 11.9. The van der Waals surface area contributed by atoms with Gasteiger partial charge < -0.3 is 9.64 Å². The molecule has 0 aromatic heterocycles. The van der Waals surface area contributed by atoms with Gasteiger partial charge in [0.25, 0.3) is 0 Å². The van der Waals surface area contributed by atoms with Crippen molar-refractivity contribution in [1.29, 1.82) is 0 Å². The molecular formula is C11H19NO2. The smallest absolute Gasteiger partial charge is 0.225 e. The van der Waals surface area contributed by atoms with Crippen LogP contribution in [0.1, 0.15) is 33.6 Å². The van der Waals surface area contributed by atoms with Crippen LogP contribution in [0.4, 0.5) is 0 Å². The third-order valence-electron chi connectivity index (χ3n) is 2.81. The second-order valence-corrected chi connectivity index (χ2v) is 5.18. The summed E-state index contributed by atoms with van der Waals surface area (Å²) >= 11 is 0. The minimum Gasteiger partial charge on any atom is -0.369 e. The number of amides is 1. The van der Waals surface area contributed by atoms with Crippen LogP contribution in [0.5, 0.6) is 0 Å². The molecule has 1 amide bonds. The summed E-state index contributed by atoms with van der Waals surface area (Å²) in [5, 5.41) is 0. The predicted octanol–water partition coefficient (Wildman–Crippen LogP) is 1.42. The third-order valence-corrected chi connectivity index (χ3v) is 2.81. The molecule has 14 heavy (non-hydrogen) atoms. The fourth-order valence-electron chi connectivity index (χ4n) is 2.21. The molecule has 1 aliphatic heterocycles. The van der Waals surface area contributed by atoms with Gasteiger partial charge in [0.1, 0.15) is 0 Å². The molecule has 0 aromatic rings. The van der Waals surface area contributed by atoms with Crippen LogP contribution in [0, 0.1) is 5.92 Å². The summed E-state index contributed by atoms with van der Waals surface area (Å²) in [5.41, 5.74) is -0.178. The standard InChI is InChI=1S/C11H19NO2/c1-8-6-12(7-11(2,3)14-8)10(13)9-4-5-9/h8-9H,4-7H2,1-3H3. The van der Waals surface area contributed by atoms with Crippen LogP contribution in [0.15, 0.2) is 0 Å². The van der Waals surface area contributed by atoms with Gasteiger partial charge in [0.15, 0.2) is 0 Å². The average Bonchev–Trinajstić information content (AvgIpc) is 2.81. The van der Waals surface area contributed by atoms with Crippen molar-refractivity contribution in [2.24, 2.45) is 5.92 Å². The molecule has 1 unspecified atom stereocenters. The molecule has 1 saturated heterocycles. The van der Waals surface area contributed by atoms with Crippen LogP contribution in [-0.2, 0) is 9.53 Å². The molecule has 2 aliphatic rings. The zero-order valence-electron chi connectivity index (χ0n) is 9.25. The van der Waals surface area contributed by atoms with Gasteiger partial charge in [0.2, 0.25) is 5.91 Å². The minimum atomic E-state index is -0.178. The van der Waals surface area contributed by atoms with Crippen LogP contribution < -0.4 is 0 Å². The maximum Gasteiger partial charge on any atom is 0.225 e. The highest BCUT2D eigenvalue weighted by atomic mass is 16.5. The number of hydrogen-bond donors (Lipinski definition) is 0. The largest absolute Gasteiger partial charge is 0.369 e. The van der Waals surface area contributed by atoms with E-state index in [1.165, 1.54) is 0 Å². The molecule has 1 heterocycles. The van der Waals surface area contributed by atoms with E-state index in [4.69, 9.17) is 4.74 Å². The first kappa shape index (κ1) is 9.97. The van der Waals surface area contributed by atoms with Crippen LogP contribution in [0.3, 0.4) is 0 Å².